The monoisotopic (exact) mass is 234 g/mol. The van der Waals surface area contributed by atoms with E-state index < -0.39 is 0 Å². The van der Waals surface area contributed by atoms with Crippen LogP contribution in [0.3, 0.4) is 0 Å². The van der Waals surface area contributed by atoms with Crippen molar-refractivity contribution in [2.75, 3.05) is 13.6 Å². The smallest absolute Gasteiger partial charge is 0.0302 e. The molecule has 0 amide bonds. The van der Waals surface area contributed by atoms with Crippen LogP contribution < -0.4 is 5.32 Å². The SMILES string of the molecule is CCCC(c1cccnc1)C(CC)CCNC. The van der Waals surface area contributed by atoms with Crippen LogP contribution in [0.2, 0.25) is 0 Å². The van der Waals surface area contributed by atoms with Crippen molar-refractivity contribution in [1.82, 2.24) is 10.3 Å². The fourth-order valence-corrected chi connectivity index (χ4v) is 2.60. The first-order valence-corrected chi connectivity index (χ1v) is 6.87. The summed E-state index contributed by atoms with van der Waals surface area (Å²) < 4.78 is 0. The Morgan fingerprint density at radius 2 is 2.12 bits per heavy atom. The number of nitrogens with one attached hydrogen (secondary N) is 1. The van der Waals surface area contributed by atoms with Gasteiger partial charge in [0.15, 0.2) is 0 Å². The summed E-state index contributed by atoms with van der Waals surface area (Å²) in [6.07, 6.45) is 8.93. The fourth-order valence-electron chi connectivity index (χ4n) is 2.60. The highest BCUT2D eigenvalue weighted by Gasteiger charge is 2.20. The zero-order valence-corrected chi connectivity index (χ0v) is 11.4. The van der Waals surface area contributed by atoms with E-state index in [9.17, 15) is 0 Å². The average molecular weight is 234 g/mol. The summed E-state index contributed by atoms with van der Waals surface area (Å²) in [4.78, 5) is 4.27. The van der Waals surface area contributed by atoms with Gasteiger partial charge in [-0.2, -0.15) is 0 Å². The van der Waals surface area contributed by atoms with Crippen LogP contribution in [0.4, 0.5) is 0 Å². The van der Waals surface area contributed by atoms with Gasteiger partial charge in [-0.3, -0.25) is 4.98 Å². The predicted octanol–water partition coefficient (Wildman–Crippen LogP) is 3.60. The molecule has 1 N–H and O–H groups in total. The van der Waals surface area contributed by atoms with Crippen molar-refractivity contribution in [2.45, 2.75) is 45.4 Å². The number of pyridine rings is 1. The second-order valence-electron chi connectivity index (χ2n) is 4.74. The molecule has 0 fully saturated rings. The summed E-state index contributed by atoms with van der Waals surface area (Å²) in [5.41, 5.74) is 1.41. The summed E-state index contributed by atoms with van der Waals surface area (Å²) in [7, 11) is 2.03. The number of hydrogen-bond donors (Lipinski definition) is 1. The average Bonchev–Trinajstić information content (AvgIpc) is 2.39. The third kappa shape index (κ3) is 4.47. The van der Waals surface area contributed by atoms with Gasteiger partial charge >= 0.3 is 0 Å². The normalized spacial score (nSPS) is 14.5. The van der Waals surface area contributed by atoms with Crippen LogP contribution in [0, 0.1) is 5.92 Å². The lowest BCUT2D eigenvalue weighted by Crippen LogP contribution is -2.19. The first kappa shape index (κ1) is 14.2. The Morgan fingerprint density at radius 3 is 2.65 bits per heavy atom. The van der Waals surface area contributed by atoms with E-state index in [1.807, 2.05) is 19.4 Å². The maximum absolute atomic E-state index is 4.27. The van der Waals surface area contributed by atoms with Gasteiger partial charge in [0.25, 0.3) is 0 Å². The first-order chi connectivity index (χ1) is 8.33. The van der Waals surface area contributed by atoms with E-state index in [-0.39, 0.29) is 0 Å². The molecule has 1 rings (SSSR count). The Hall–Kier alpha value is -0.890. The molecule has 1 aromatic rings. The molecular weight excluding hydrogens is 208 g/mol. The van der Waals surface area contributed by atoms with Crippen LogP contribution in [0.15, 0.2) is 24.5 Å². The zero-order chi connectivity index (χ0) is 12.5. The second kappa shape index (κ2) is 8.24. The van der Waals surface area contributed by atoms with E-state index in [0.717, 1.165) is 12.5 Å². The lowest BCUT2D eigenvalue weighted by molar-refractivity contribution is 0.359. The molecule has 17 heavy (non-hydrogen) atoms. The quantitative estimate of drug-likeness (QED) is 0.743. The molecule has 0 aliphatic carbocycles. The van der Waals surface area contributed by atoms with Gasteiger partial charge < -0.3 is 5.32 Å². The molecule has 0 aliphatic heterocycles. The first-order valence-electron chi connectivity index (χ1n) is 6.87. The van der Waals surface area contributed by atoms with Gasteiger partial charge in [0.2, 0.25) is 0 Å². The lowest BCUT2D eigenvalue weighted by atomic mass is 9.80. The molecule has 0 spiro atoms. The molecule has 2 atom stereocenters. The Bertz CT molecular complexity index is 284. The van der Waals surface area contributed by atoms with Crippen LogP contribution in [-0.2, 0) is 0 Å². The van der Waals surface area contributed by atoms with E-state index >= 15 is 0 Å². The third-order valence-electron chi connectivity index (χ3n) is 3.57. The Labute approximate surface area is 106 Å². The van der Waals surface area contributed by atoms with Crippen molar-refractivity contribution < 1.29 is 0 Å². The lowest BCUT2D eigenvalue weighted by Gasteiger charge is -2.26. The second-order valence-corrected chi connectivity index (χ2v) is 4.74. The summed E-state index contributed by atoms with van der Waals surface area (Å²) >= 11 is 0. The maximum atomic E-state index is 4.27. The van der Waals surface area contributed by atoms with Gasteiger partial charge in [-0.25, -0.2) is 0 Å². The summed E-state index contributed by atoms with van der Waals surface area (Å²) in [5, 5.41) is 3.27. The summed E-state index contributed by atoms with van der Waals surface area (Å²) in [5.74, 6) is 1.44. The topological polar surface area (TPSA) is 24.9 Å². The van der Waals surface area contributed by atoms with Crippen LogP contribution in [0.5, 0.6) is 0 Å². The Kier molecular flexibility index (Phi) is 6.87. The molecule has 2 heteroatoms. The van der Waals surface area contributed by atoms with Crippen molar-refractivity contribution in [2.24, 2.45) is 5.92 Å². The van der Waals surface area contributed by atoms with Crippen LogP contribution in [-0.4, -0.2) is 18.6 Å². The Morgan fingerprint density at radius 1 is 1.29 bits per heavy atom. The number of aromatic nitrogens is 1. The van der Waals surface area contributed by atoms with Gasteiger partial charge in [-0.15, -0.1) is 0 Å². The zero-order valence-electron chi connectivity index (χ0n) is 11.4. The highest BCUT2D eigenvalue weighted by Crippen LogP contribution is 2.33. The van der Waals surface area contributed by atoms with Crippen molar-refractivity contribution in [3.63, 3.8) is 0 Å². The van der Waals surface area contributed by atoms with Gasteiger partial charge in [0, 0.05) is 12.4 Å². The summed E-state index contributed by atoms with van der Waals surface area (Å²) in [6, 6.07) is 4.29. The molecule has 0 bridgehead atoms. The molecule has 0 saturated heterocycles. The van der Waals surface area contributed by atoms with E-state index in [2.05, 4.69) is 36.3 Å². The standard InChI is InChI=1S/C15H26N2/c1-4-7-15(13(5-2)9-11-16-3)14-8-6-10-17-12-14/h6,8,10,12-13,15-16H,4-5,7,9,11H2,1-3H3. The number of rotatable bonds is 8. The molecule has 2 nitrogen and oxygen atoms in total. The van der Waals surface area contributed by atoms with Crippen LogP contribution in [0.1, 0.15) is 51.0 Å². The van der Waals surface area contributed by atoms with Crippen molar-refractivity contribution >= 4 is 0 Å². The van der Waals surface area contributed by atoms with Crippen molar-refractivity contribution in [3.8, 4) is 0 Å². The largest absolute Gasteiger partial charge is 0.320 e. The van der Waals surface area contributed by atoms with E-state index in [1.165, 1.54) is 31.2 Å². The van der Waals surface area contributed by atoms with Crippen LogP contribution in [0.25, 0.3) is 0 Å². The molecule has 1 aromatic heterocycles. The van der Waals surface area contributed by atoms with Gasteiger partial charge in [0.1, 0.15) is 0 Å². The van der Waals surface area contributed by atoms with E-state index in [1.54, 1.807) is 0 Å². The molecule has 0 saturated carbocycles. The van der Waals surface area contributed by atoms with Crippen molar-refractivity contribution in [3.05, 3.63) is 30.1 Å². The molecule has 0 aromatic carbocycles. The highest BCUT2D eigenvalue weighted by molar-refractivity contribution is 5.15. The molecule has 96 valence electrons. The van der Waals surface area contributed by atoms with Crippen LogP contribution >= 0.6 is 0 Å². The van der Waals surface area contributed by atoms with Gasteiger partial charge in [0.05, 0.1) is 0 Å². The molecule has 0 aliphatic rings. The van der Waals surface area contributed by atoms with Gasteiger partial charge in [-0.1, -0.05) is 32.8 Å². The van der Waals surface area contributed by atoms with E-state index in [0.29, 0.717) is 5.92 Å². The molecule has 0 radical (unpaired) electrons. The maximum Gasteiger partial charge on any atom is 0.0302 e. The Balaban J connectivity index is 2.75. The molecular formula is C15H26N2. The number of hydrogen-bond acceptors (Lipinski definition) is 2. The molecule has 1 heterocycles. The molecule has 2 unspecified atom stereocenters. The predicted molar refractivity (Wildman–Crippen MR) is 74.2 cm³/mol. The minimum atomic E-state index is 0.673. The minimum Gasteiger partial charge on any atom is -0.320 e. The van der Waals surface area contributed by atoms with Gasteiger partial charge in [-0.05, 0) is 49.9 Å². The third-order valence-corrected chi connectivity index (χ3v) is 3.57. The highest BCUT2D eigenvalue weighted by atomic mass is 14.8. The van der Waals surface area contributed by atoms with Crippen molar-refractivity contribution in [1.29, 1.82) is 0 Å². The summed E-state index contributed by atoms with van der Waals surface area (Å²) in [6.45, 7) is 5.69. The minimum absolute atomic E-state index is 0.673. The van der Waals surface area contributed by atoms with E-state index in [4.69, 9.17) is 0 Å². The number of nitrogens with zero attached hydrogens (tertiary/aromatic N) is 1. The fraction of sp³-hybridized carbons (Fsp3) is 0.667.